The number of urea groups is 1. The SMILES string of the molecule is O=C(O)CN(C(=O)N(CCO)CCO)C1CCS(=O)(=O)C1. The number of amides is 2. The number of hydrogen-bond acceptors (Lipinski definition) is 6. The first kappa shape index (κ1) is 17.7. The quantitative estimate of drug-likeness (QED) is 0.491. The Labute approximate surface area is 122 Å². The first-order valence-electron chi connectivity index (χ1n) is 6.50. The molecule has 2 amide bonds. The molecule has 0 radical (unpaired) electrons. The molecule has 122 valence electrons. The van der Waals surface area contributed by atoms with E-state index in [-0.39, 0.29) is 44.2 Å². The molecule has 10 heteroatoms. The number of rotatable bonds is 7. The lowest BCUT2D eigenvalue weighted by molar-refractivity contribution is -0.138. The molecule has 21 heavy (non-hydrogen) atoms. The number of nitrogens with zero attached hydrogens (tertiary/aromatic N) is 2. The van der Waals surface area contributed by atoms with Gasteiger partial charge in [0, 0.05) is 19.1 Å². The number of carbonyl (C=O) groups is 2. The van der Waals surface area contributed by atoms with E-state index in [0.717, 1.165) is 9.80 Å². The summed E-state index contributed by atoms with van der Waals surface area (Å²) < 4.78 is 23.0. The summed E-state index contributed by atoms with van der Waals surface area (Å²) in [5, 5.41) is 26.7. The van der Waals surface area contributed by atoms with Gasteiger partial charge < -0.3 is 25.1 Å². The maximum absolute atomic E-state index is 12.3. The number of aliphatic hydroxyl groups excluding tert-OH is 2. The molecule has 1 aliphatic rings. The highest BCUT2D eigenvalue weighted by molar-refractivity contribution is 7.91. The van der Waals surface area contributed by atoms with Crippen LogP contribution in [0.4, 0.5) is 4.79 Å². The summed E-state index contributed by atoms with van der Waals surface area (Å²) in [6.07, 6.45) is 0.188. The van der Waals surface area contributed by atoms with E-state index in [2.05, 4.69) is 0 Å². The summed E-state index contributed by atoms with van der Waals surface area (Å²) in [6.45, 7) is -1.42. The van der Waals surface area contributed by atoms with E-state index < -0.39 is 34.4 Å². The molecule has 0 aromatic rings. The van der Waals surface area contributed by atoms with Crippen molar-refractivity contribution < 1.29 is 33.3 Å². The zero-order valence-corrected chi connectivity index (χ0v) is 12.3. The fraction of sp³-hybridized carbons (Fsp3) is 0.818. The number of sulfone groups is 1. The fourth-order valence-electron chi connectivity index (χ4n) is 2.25. The molecule has 0 spiro atoms. The average molecular weight is 324 g/mol. The molecule has 0 aromatic heterocycles. The molecule has 1 saturated heterocycles. The molecule has 1 atom stereocenters. The van der Waals surface area contributed by atoms with Crippen LogP contribution < -0.4 is 0 Å². The van der Waals surface area contributed by atoms with Gasteiger partial charge in [0.05, 0.1) is 24.7 Å². The molecule has 9 nitrogen and oxygen atoms in total. The molecule has 3 N–H and O–H groups in total. The minimum atomic E-state index is -3.26. The first-order chi connectivity index (χ1) is 9.80. The van der Waals surface area contributed by atoms with Crippen LogP contribution in [0.3, 0.4) is 0 Å². The summed E-state index contributed by atoms with van der Waals surface area (Å²) in [4.78, 5) is 25.3. The Hall–Kier alpha value is -1.39. The molecule has 0 bridgehead atoms. The van der Waals surface area contributed by atoms with Crippen LogP contribution in [0.2, 0.25) is 0 Å². The van der Waals surface area contributed by atoms with Crippen molar-refractivity contribution in [2.45, 2.75) is 12.5 Å². The van der Waals surface area contributed by atoms with Crippen LogP contribution in [0.1, 0.15) is 6.42 Å². The lowest BCUT2D eigenvalue weighted by Crippen LogP contribution is -2.52. The van der Waals surface area contributed by atoms with Gasteiger partial charge in [0.25, 0.3) is 0 Å². The maximum atomic E-state index is 12.3. The van der Waals surface area contributed by atoms with Crippen molar-refractivity contribution in [1.29, 1.82) is 0 Å². The molecule has 1 heterocycles. The monoisotopic (exact) mass is 324 g/mol. The van der Waals surface area contributed by atoms with E-state index in [4.69, 9.17) is 15.3 Å². The predicted molar refractivity (Wildman–Crippen MR) is 72.5 cm³/mol. The molecule has 1 unspecified atom stereocenters. The molecular weight excluding hydrogens is 304 g/mol. The number of aliphatic hydroxyl groups is 2. The highest BCUT2D eigenvalue weighted by Gasteiger charge is 2.37. The van der Waals surface area contributed by atoms with E-state index >= 15 is 0 Å². The van der Waals surface area contributed by atoms with Gasteiger partial charge in [-0.15, -0.1) is 0 Å². The Kier molecular flexibility index (Phi) is 6.37. The van der Waals surface area contributed by atoms with Crippen molar-refractivity contribution in [1.82, 2.24) is 9.80 Å². The molecular formula is C11H20N2O7S. The second kappa shape index (κ2) is 7.57. The van der Waals surface area contributed by atoms with E-state index in [1.807, 2.05) is 0 Å². The summed E-state index contributed by atoms with van der Waals surface area (Å²) in [6, 6.07) is -1.39. The summed E-state index contributed by atoms with van der Waals surface area (Å²) in [7, 11) is -3.26. The van der Waals surface area contributed by atoms with Crippen LogP contribution in [0.5, 0.6) is 0 Å². The van der Waals surface area contributed by atoms with Crippen LogP contribution in [-0.2, 0) is 14.6 Å². The van der Waals surface area contributed by atoms with Gasteiger partial charge in [-0.05, 0) is 6.42 Å². The normalized spacial score (nSPS) is 20.2. The molecule has 0 aliphatic carbocycles. The largest absolute Gasteiger partial charge is 0.480 e. The van der Waals surface area contributed by atoms with Gasteiger partial charge in [-0.2, -0.15) is 0 Å². The van der Waals surface area contributed by atoms with Crippen molar-refractivity contribution in [2.75, 3.05) is 44.4 Å². The maximum Gasteiger partial charge on any atom is 0.323 e. The van der Waals surface area contributed by atoms with Crippen molar-refractivity contribution in [3.8, 4) is 0 Å². The number of aliphatic carboxylic acids is 1. The molecule has 0 aromatic carbocycles. The summed E-state index contributed by atoms with van der Waals surface area (Å²) in [5.74, 6) is -1.60. The van der Waals surface area contributed by atoms with Crippen molar-refractivity contribution >= 4 is 21.8 Å². The Morgan fingerprint density at radius 2 is 1.71 bits per heavy atom. The van der Waals surface area contributed by atoms with E-state index in [1.54, 1.807) is 0 Å². The Balaban J connectivity index is 2.90. The second-order valence-electron chi connectivity index (χ2n) is 4.80. The third-order valence-electron chi connectivity index (χ3n) is 3.21. The third-order valence-corrected chi connectivity index (χ3v) is 4.96. The Bertz CT molecular complexity index is 473. The van der Waals surface area contributed by atoms with Gasteiger partial charge in [0.1, 0.15) is 6.54 Å². The number of carboxylic acids is 1. The van der Waals surface area contributed by atoms with Crippen molar-refractivity contribution in [3.05, 3.63) is 0 Å². The van der Waals surface area contributed by atoms with Crippen molar-refractivity contribution in [2.24, 2.45) is 0 Å². The third kappa shape index (κ3) is 5.14. The fourth-order valence-corrected chi connectivity index (χ4v) is 3.98. The highest BCUT2D eigenvalue weighted by atomic mass is 32.2. The van der Waals surface area contributed by atoms with E-state index in [0.29, 0.717) is 0 Å². The van der Waals surface area contributed by atoms with Gasteiger partial charge in [-0.1, -0.05) is 0 Å². The Morgan fingerprint density at radius 1 is 1.14 bits per heavy atom. The topological polar surface area (TPSA) is 135 Å². The van der Waals surface area contributed by atoms with Gasteiger partial charge in [-0.3, -0.25) is 4.79 Å². The molecule has 0 saturated carbocycles. The van der Waals surface area contributed by atoms with Crippen LogP contribution in [-0.4, -0.2) is 95.9 Å². The number of hydrogen-bond donors (Lipinski definition) is 3. The number of carbonyl (C=O) groups excluding carboxylic acids is 1. The van der Waals surface area contributed by atoms with Gasteiger partial charge in [0.15, 0.2) is 9.84 Å². The van der Waals surface area contributed by atoms with Gasteiger partial charge >= 0.3 is 12.0 Å². The Morgan fingerprint density at radius 3 is 2.10 bits per heavy atom. The lowest BCUT2D eigenvalue weighted by Gasteiger charge is -2.32. The summed E-state index contributed by atoms with van der Waals surface area (Å²) >= 11 is 0. The minimum Gasteiger partial charge on any atom is -0.480 e. The van der Waals surface area contributed by atoms with E-state index in [9.17, 15) is 18.0 Å². The molecule has 1 aliphatic heterocycles. The van der Waals surface area contributed by atoms with Gasteiger partial charge in [0.2, 0.25) is 0 Å². The molecule has 1 fully saturated rings. The average Bonchev–Trinajstić information content (AvgIpc) is 2.75. The predicted octanol–water partition coefficient (Wildman–Crippen LogP) is -2.03. The van der Waals surface area contributed by atoms with Crippen LogP contribution in [0.15, 0.2) is 0 Å². The number of carboxylic acid groups (broad SMARTS) is 1. The van der Waals surface area contributed by atoms with E-state index in [1.165, 1.54) is 0 Å². The zero-order chi connectivity index (χ0) is 16.0. The van der Waals surface area contributed by atoms with Crippen LogP contribution in [0, 0.1) is 0 Å². The zero-order valence-electron chi connectivity index (χ0n) is 11.5. The minimum absolute atomic E-state index is 0.0605. The van der Waals surface area contributed by atoms with Crippen LogP contribution in [0.25, 0.3) is 0 Å². The van der Waals surface area contributed by atoms with Crippen LogP contribution >= 0.6 is 0 Å². The molecule has 1 rings (SSSR count). The highest BCUT2D eigenvalue weighted by Crippen LogP contribution is 2.19. The standard InChI is InChI=1S/C11H20N2O7S/c14-4-2-12(3-5-15)11(18)13(7-10(16)17)9-1-6-21(19,20)8-9/h9,14-15H,1-8H2,(H,16,17). The summed E-state index contributed by atoms with van der Waals surface area (Å²) in [5.41, 5.74) is 0. The lowest BCUT2D eigenvalue weighted by atomic mass is 10.2. The first-order valence-corrected chi connectivity index (χ1v) is 8.32. The van der Waals surface area contributed by atoms with Crippen molar-refractivity contribution in [3.63, 3.8) is 0 Å². The smallest absolute Gasteiger partial charge is 0.323 e. The second-order valence-corrected chi connectivity index (χ2v) is 7.02. The van der Waals surface area contributed by atoms with Gasteiger partial charge in [-0.25, -0.2) is 13.2 Å².